The summed E-state index contributed by atoms with van der Waals surface area (Å²) < 4.78 is 12.4. The molecule has 0 aromatic carbocycles. The molecule has 1 aliphatic heterocycles. The number of ether oxygens (including phenoxy) is 2. The molecule has 3 saturated carbocycles. The zero-order valence-corrected chi connectivity index (χ0v) is 25.1. The van der Waals surface area contributed by atoms with Crippen molar-refractivity contribution in [1.29, 1.82) is 0 Å². The highest BCUT2D eigenvalue weighted by Crippen LogP contribution is 2.68. The zero-order valence-electron chi connectivity index (χ0n) is 25.1. The van der Waals surface area contributed by atoms with E-state index in [1.54, 1.807) is 0 Å². The van der Waals surface area contributed by atoms with Crippen LogP contribution >= 0.6 is 0 Å². The van der Waals surface area contributed by atoms with Crippen molar-refractivity contribution in [3.63, 3.8) is 0 Å². The first-order valence-electron chi connectivity index (χ1n) is 16.2. The van der Waals surface area contributed by atoms with Crippen molar-refractivity contribution in [3.05, 3.63) is 11.3 Å². The van der Waals surface area contributed by atoms with Crippen LogP contribution < -0.4 is 0 Å². The predicted octanol–water partition coefficient (Wildman–Crippen LogP) is 5.56. The van der Waals surface area contributed by atoms with Gasteiger partial charge < -0.3 is 29.9 Å². The van der Waals surface area contributed by atoms with Crippen molar-refractivity contribution in [2.24, 2.45) is 46.3 Å². The maximum absolute atomic E-state index is 10.8. The second kappa shape index (κ2) is 11.6. The summed E-state index contributed by atoms with van der Waals surface area (Å²) in [6, 6.07) is 0. The van der Waals surface area contributed by atoms with Crippen LogP contribution in [0.15, 0.2) is 11.3 Å². The van der Waals surface area contributed by atoms with E-state index in [-0.39, 0.29) is 5.41 Å². The Hall–Kier alpha value is -0.660. The lowest BCUT2D eigenvalue weighted by atomic mass is 9.46. The molecule has 4 fully saturated rings. The molecule has 0 bridgehead atoms. The third kappa shape index (κ3) is 5.24. The van der Waals surface area contributed by atoms with Crippen LogP contribution in [0.25, 0.3) is 0 Å². The SMILES string of the molecule is CC(C)CCC[C@@H](C)[C@H]1CCC2C3CC(OC4O[C@H](CO)[C@@H](O)[C@H](O)[C@H]4O)=C4CCCC[C@]4(C)C3CC[C@@]21C. The van der Waals surface area contributed by atoms with Gasteiger partial charge in [-0.15, -0.1) is 0 Å². The maximum atomic E-state index is 10.8. The molecule has 0 spiro atoms. The van der Waals surface area contributed by atoms with Gasteiger partial charge in [0.1, 0.15) is 24.4 Å². The number of aliphatic hydroxyl groups is 4. The van der Waals surface area contributed by atoms with Crippen LogP contribution in [0.3, 0.4) is 0 Å². The molecular formula is C33H56O6. The molecule has 39 heavy (non-hydrogen) atoms. The van der Waals surface area contributed by atoms with Gasteiger partial charge in [-0.1, -0.05) is 60.3 Å². The van der Waals surface area contributed by atoms with Gasteiger partial charge in [0, 0.05) is 6.42 Å². The van der Waals surface area contributed by atoms with Crippen molar-refractivity contribution in [2.75, 3.05) is 6.61 Å². The zero-order chi connectivity index (χ0) is 28.1. The van der Waals surface area contributed by atoms with E-state index in [0.717, 1.165) is 42.8 Å². The van der Waals surface area contributed by atoms with E-state index in [9.17, 15) is 20.4 Å². The lowest BCUT2D eigenvalue weighted by Crippen LogP contribution is -2.59. The molecule has 12 atom stereocenters. The molecule has 5 rings (SSSR count). The second-order valence-electron chi connectivity index (χ2n) is 15.0. The Labute approximate surface area is 236 Å². The van der Waals surface area contributed by atoms with Gasteiger partial charge in [-0.3, -0.25) is 0 Å². The number of allylic oxidation sites excluding steroid dienone is 2. The summed E-state index contributed by atoms with van der Waals surface area (Å²) in [5, 5.41) is 41.2. The normalized spacial score (nSPS) is 47.0. The maximum Gasteiger partial charge on any atom is 0.228 e. The molecule has 224 valence electrons. The van der Waals surface area contributed by atoms with E-state index in [0.29, 0.717) is 23.2 Å². The Balaban J connectivity index is 1.39. The molecule has 6 heteroatoms. The van der Waals surface area contributed by atoms with Crippen LogP contribution in [0.5, 0.6) is 0 Å². The molecule has 4 unspecified atom stereocenters. The van der Waals surface area contributed by atoms with Crippen LogP contribution in [0, 0.1) is 46.3 Å². The van der Waals surface area contributed by atoms with Crippen LogP contribution in [0.1, 0.15) is 112 Å². The van der Waals surface area contributed by atoms with Gasteiger partial charge in [-0.05, 0) is 96.9 Å². The van der Waals surface area contributed by atoms with E-state index >= 15 is 0 Å². The largest absolute Gasteiger partial charge is 0.466 e. The standard InChI is InChI=1S/C33H56O6/c1-19(2)9-8-10-20(3)22-12-13-23-21-17-26(38-31-30(37)29(36)28(35)27(18-34)39-31)25-11-6-7-15-32(25,4)24(21)14-16-33(22,23)5/h19-24,27-31,34-37H,6-18H2,1-5H3/t20-,21?,22-,23?,24?,27-,28-,29+,30-,31?,32-,33-/m1/s1. The predicted molar refractivity (Wildman–Crippen MR) is 151 cm³/mol. The van der Waals surface area contributed by atoms with Crippen molar-refractivity contribution in [3.8, 4) is 0 Å². The first-order valence-corrected chi connectivity index (χ1v) is 16.2. The Kier molecular flexibility index (Phi) is 8.83. The highest BCUT2D eigenvalue weighted by atomic mass is 16.7. The van der Waals surface area contributed by atoms with Crippen molar-refractivity contribution in [1.82, 2.24) is 0 Å². The lowest BCUT2D eigenvalue weighted by molar-refractivity contribution is -0.293. The molecule has 0 amide bonds. The van der Waals surface area contributed by atoms with E-state index in [2.05, 4.69) is 34.6 Å². The first kappa shape index (κ1) is 29.8. The van der Waals surface area contributed by atoms with Gasteiger partial charge in [-0.2, -0.15) is 0 Å². The van der Waals surface area contributed by atoms with E-state index < -0.39 is 37.3 Å². The summed E-state index contributed by atoms with van der Waals surface area (Å²) in [7, 11) is 0. The van der Waals surface area contributed by atoms with E-state index in [1.807, 2.05) is 0 Å². The van der Waals surface area contributed by atoms with Crippen LogP contribution in [0.2, 0.25) is 0 Å². The molecule has 0 aromatic rings. The molecule has 4 N–H and O–H groups in total. The minimum absolute atomic E-state index is 0.104. The average molecular weight is 549 g/mol. The molecule has 5 aliphatic rings. The molecule has 4 aliphatic carbocycles. The van der Waals surface area contributed by atoms with Crippen LogP contribution in [-0.4, -0.2) is 57.7 Å². The van der Waals surface area contributed by atoms with E-state index in [1.165, 1.54) is 63.4 Å². The fourth-order valence-corrected chi connectivity index (χ4v) is 10.2. The molecule has 1 saturated heterocycles. The number of hydrogen-bond acceptors (Lipinski definition) is 6. The van der Waals surface area contributed by atoms with Crippen LogP contribution in [0.4, 0.5) is 0 Å². The minimum atomic E-state index is -1.41. The summed E-state index contributed by atoms with van der Waals surface area (Å²) in [5.41, 5.74) is 1.87. The molecule has 1 heterocycles. The summed E-state index contributed by atoms with van der Waals surface area (Å²) in [6.45, 7) is 11.8. The van der Waals surface area contributed by atoms with Gasteiger partial charge in [0.05, 0.1) is 12.4 Å². The smallest absolute Gasteiger partial charge is 0.228 e. The van der Waals surface area contributed by atoms with Crippen molar-refractivity contribution >= 4 is 0 Å². The first-order chi connectivity index (χ1) is 18.5. The van der Waals surface area contributed by atoms with Crippen LogP contribution in [-0.2, 0) is 9.47 Å². The molecule has 0 radical (unpaired) electrons. The molecule has 0 aromatic heterocycles. The Morgan fingerprint density at radius 3 is 2.41 bits per heavy atom. The number of aliphatic hydroxyl groups excluding tert-OH is 4. The quantitative estimate of drug-likeness (QED) is 0.317. The van der Waals surface area contributed by atoms with Gasteiger partial charge in [-0.25, -0.2) is 0 Å². The average Bonchev–Trinajstić information content (AvgIpc) is 3.26. The van der Waals surface area contributed by atoms with Gasteiger partial charge in [0.15, 0.2) is 0 Å². The fourth-order valence-electron chi connectivity index (χ4n) is 10.2. The topological polar surface area (TPSA) is 99.4 Å². The monoisotopic (exact) mass is 548 g/mol. The Bertz CT molecular complexity index is 885. The summed E-state index contributed by atoms with van der Waals surface area (Å²) >= 11 is 0. The Morgan fingerprint density at radius 2 is 1.69 bits per heavy atom. The number of hydrogen-bond donors (Lipinski definition) is 4. The highest BCUT2D eigenvalue weighted by molar-refractivity contribution is 5.28. The van der Waals surface area contributed by atoms with E-state index in [4.69, 9.17) is 9.47 Å². The summed E-state index contributed by atoms with van der Waals surface area (Å²) in [6.07, 6.45) is 8.58. The number of rotatable bonds is 8. The third-order valence-electron chi connectivity index (χ3n) is 12.4. The van der Waals surface area contributed by atoms with Gasteiger partial charge >= 0.3 is 0 Å². The summed E-state index contributed by atoms with van der Waals surface area (Å²) in [4.78, 5) is 0. The van der Waals surface area contributed by atoms with Gasteiger partial charge in [0.25, 0.3) is 0 Å². The fraction of sp³-hybridized carbons (Fsp3) is 0.939. The highest BCUT2D eigenvalue weighted by Gasteiger charge is 2.60. The second-order valence-corrected chi connectivity index (χ2v) is 15.0. The number of fused-ring (bicyclic) bond motifs is 5. The molecule has 6 nitrogen and oxygen atoms in total. The Morgan fingerprint density at radius 1 is 0.923 bits per heavy atom. The molecular weight excluding hydrogens is 492 g/mol. The van der Waals surface area contributed by atoms with Crippen molar-refractivity contribution in [2.45, 2.75) is 142 Å². The summed E-state index contributed by atoms with van der Waals surface area (Å²) in [5.74, 6) is 5.20. The minimum Gasteiger partial charge on any atom is -0.466 e. The van der Waals surface area contributed by atoms with Crippen molar-refractivity contribution < 1.29 is 29.9 Å². The third-order valence-corrected chi connectivity index (χ3v) is 12.4. The van der Waals surface area contributed by atoms with Gasteiger partial charge in [0.2, 0.25) is 6.29 Å². The lowest BCUT2D eigenvalue weighted by Gasteiger charge is -2.59.